The van der Waals surface area contributed by atoms with Crippen molar-refractivity contribution in [2.24, 2.45) is 5.92 Å². The van der Waals surface area contributed by atoms with Gasteiger partial charge in [-0.3, -0.25) is 9.59 Å². The number of rotatable bonds is 5. The average molecular weight is 359 g/mol. The summed E-state index contributed by atoms with van der Waals surface area (Å²) in [4.78, 5) is 23.7. The maximum atomic E-state index is 12.5. The number of halogens is 1. The van der Waals surface area contributed by atoms with E-state index in [1.54, 1.807) is 18.2 Å². The van der Waals surface area contributed by atoms with Gasteiger partial charge in [-0.25, -0.2) is 0 Å². The molecule has 6 heteroatoms. The van der Waals surface area contributed by atoms with Crippen LogP contribution in [0.15, 0.2) is 42.5 Å². The average Bonchev–Trinajstić information content (AvgIpc) is 3.36. The number of hydrogen-bond donors (Lipinski definition) is 2. The summed E-state index contributed by atoms with van der Waals surface area (Å²) in [7, 11) is 1.51. The van der Waals surface area contributed by atoms with E-state index in [0.29, 0.717) is 22.1 Å². The summed E-state index contributed by atoms with van der Waals surface area (Å²) in [6.07, 6.45) is 0.788. The minimum atomic E-state index is -0.185. The second kappa shape index (κ2) is 7.15. The fourth-order valence-corrected chi connectivity index (χ4v) is 3.18. The van der Waals surface area contributed by atoms with Gasteiger partial charge < -0.3 is 15.4 Å². The molecule has 2 aromatic rings. The molecule has 0 heterocycles. The maximum absolute atomic E-state index is 12.5. The van der Waals surface area contributed by atoms with E-state index in [1.807, 2.05) is 24.3 Å². The highest BCUT2D eigenvalue weighted by molar-refractivity contribution is 6.31. The Morgan fingerprint density at radius 1 is 1.16 bits per heavy atom. The van der Waals surface area contributed by atoms with Crippen LogP contribution >= 0.6 is 11.6 Å². The van der Waals surface area contributed by atoms with Gasteiger partial charge >= 0.3 is 0 Å². The van der Waals surface area contributed by atoms with Crippen molar-refractivity contribution in [2.75, 3.05) is 17.7 Å². The third-order valence-electron chi connectivity index (χ3n) is 4.21. The molecule has 2 amide bonds. The largest absolute Gasteiger partial charge is 0.494 e. The van der Waals surface area contributed by atoms with Gasteiger partial charge in [-0.2, -0.15) is 0 Å². The summed E-state index contributed by atoms with van der Waals surface area (Å²) in [5.74, 6) is 0.344. The summed E-state index contributed by atoms with van der Waals surface area (Å²) >= 11 is 6.21. The molecule has 2 aromatic carbocycles. The molecular weight excluding hydrogens is 340 g/mol. The lowest BCUT2D eigenvalue weighted by Gasteiger charge is -2.12. The molecule has 1 fully saturated rings. The molecule has 0 spiro atoms. The van der Waals surface area contributed by atoms with Crippen LogP contribution in [0.25, 0.3) is 0 Å². The van der Waals surface area contributed by atoms with Crippen LogP contribution in [0, 0.1) is 5.92 Å². The van der Waals surface area contributed by atoms with Crippen molar-refractivity contribution < 1.29 is 14.3 Å². The second-order valence-corrected chi connectivity index (χ2v) is 6.46. The Balaban J connectivity index is 1.68. The van der Waals surface area contributed by atoms with Gasteiger partial charge in [-0.15, -0.1) is 0 Å². The van der Waals surface area contributed by atoms with Crippen LogP contribution in [-0.2, 0) is 9.59 Å². The molecule has 5 nitrogen and oxygen atoms in total. The zero-order valence-corrected chi connectivity index (χ0v) is 14.8. The summed E-state index contributed by atoms with van der Waals surface area (Å²) in [6, 6.07) is 12.7. The van der Waals surface area contributed by atoms with E-state index in [0.717, 1.165) is 12.0 Å². The molecule has 0 aromatic heterocycles. The van der Waals surface area contributed by atoms with E-state index in [1.165, 1.54) is 14.0 Å². The Morgan fingerprint density at radius 3 is 2.60 bits per heavy atom. The number of hydrogen-bond acceptors (Lipinski definition) is 3. The maximum Gasteiger partial charge on any atom is 0.228 e. The van der Waals surface area contributed by atoms with Crippen molar-refractivity contribution in [3.05, 3.63) is 53.1 Å². The zero-order valence-electron chi connectivity index (χ0n) is 14.0. The van der Waals surface area contributed by atoms with Crippen molar-refractivity contribution in [3.63, 3.8) is 0 Å². The van der Waals surface area contributed by atoms with Crippen molar-refractivity contribution in [1.29, 1.82) is 0 Å². The van der Waals surface area contributed by atoms with Crippen LogP contribution in [-0.4, -0.2) is 18.9 Å². The number of ether oxygens (including phenoxy) is 1. The van der Waals surface area contributed by atoms with Gasteiger partial charge in [0.05, 0.1) is 12.8 Å². The highest BCUT2D eigenvalue weighted by Crippen LogP contribution is 2.50. The molecule has 0 saturated heterocycles. The highest BCUT2D eigenvalue weighted by Gasteiger charge is 2.44. The summed E-state index contributed by atoms with van der Waals surface area (Å²) < 4.78 is 5.27. The first-order chi connectivity index (χ1) is 12.0. The van der Waals surface area contributed by atoms with Gasteiger partial charge in [0.15, 0.2) is 0 Å². The number of amides is 2. The lowest BCUT2D eigenvalue weighted by Crippen LogP contribution is -2.15. The summed E-state index contributed by atoms with van der Waals surface area (Å²) in [5, 5.41) is 6.29. The Morgan fingerprint density at radius 2 is 1.92 bits per heavy atom. The molecule has 2 atom stereocenters. The molecule has 25 heavy (non-hydrogen) atoms. The normalized spacial score (nSPS) is 18.4. The van der Waals surface area contributed by atoms with Crippen molar-refractivity contribution in [1.82, 2.24) is 0 Å². The summed E-state index contributed by atoms with van der Waals surface area (Å²) in [5.41, 5.74) is 2.21. The molecule has 1 aliphatic carbocycles. The first kappa shape index (κ1) is 17.3. The number of benzene rings is 2. The van der Waals surface area contributed by atoms with Crippen molar-refractivity contribution in [2.45, 2.75) is 19.3 Å². The molecule has 0 aliphatic heterocycles. The van der Waals surface area contributed by atoms with E-state index in [2.05, 4.69) is 10.6 Å². The van der Waals surface area contributed by atoms with Crippen LogP contribution < -0.4 is 15.4 Å². The third kappa shape index (κ3) is 3.94. The van der Waals surface area contributed by atoms with Crippen LogP contribution in [0.2, 0.25) is 5.02 Å². The Labute approximate surface area is 151 Å². The van der Waals surface area contributed by atoms with Crippen LogP contribution in [0.3, 0.4) is 0 Å². The highest BCUT2D eigenvalue weighted by atomic mass is 35.5. The number of nitrogens with one attached hydrogen (secondary N) is 2. The standard InChI is InChI=1S/C19H19ClN2O3/c1-11(23)21-17-8-7-12(9-18(17)25-2)22-19(24)15-10-14(15)13-5-3-4-6-16(13)20/h3-9,14-15H,10H2,1-2H3,(H,21,23)(H,22,24). The molecule has 0 bridgehead atoms. The molecule has 0 radical (unpaired) electrons. The Hall–Kier alpha value is -2.53. The van der Waals surface area contributed by atoms with E-state index < -0.39 is 0 Å². The van der Waals surface area contributed by atoms with Gasteiger partial charge in [0.1, 0.15) is 5.75 Å². The van der Waals surface area contributed by atoms with Crippen LogP contribution in [0.4, 0.5) is 11.4 Å². The fraction of sp³-hybridized carbons (Fsp3) is 0.263. The van der Waals surface area contributed by atoms with Crippen molar-refractivity contribution >= 4 is 34.8 Å². The van der Waals surface area contributed by atoms with E-state index >= 15 is 0 Å². The van der Waals surface area contributed by atoms with Gasteiger partial charge in [0.2, 0.25) is 11.8 Å². The minimum Gasteiger partial charge on any atom is -0.494 e. The number of carbonyl (C=O) groups excluding carboxylic acids is 2. The lowest BCUT2D eigenvalue weighted by atomic mass is 10.1. The zero-order chi connectivity index (χ0) is 18.0. The van der Waals surface area contributed by atoms with Gasteiger partial charge in [0, 0.05) is 29.6 Å². The van der Waals surface area contributed by atoms with Crippen LogP contribution in [0.1, 0.15) is 24.8 Å². The molecule has 1 saturated carbocycles. The van der Waals surface area contributed by atoms with E-state index in [-0.39, 0.29) is 23.7 Å². The topological polar surface area (TPSA) is 67.4 Å². The monoisotopic (exact) mass is 358 g/mol. The number of methoxy groups -OCH3 is 1. The molecule has 1 aliphatic rings. The number of anilines is 2. The fourth-order valence-electron chi connectivity index (χ4n) is 2.90. The Bertz CT molecular complexity index is 822. The second-order valence-electron chi connectivity index (χ2n) is 6.06. The summed E-state index contributed by atoms with van der Waals surface area (Å²) in [6.45, 7) is 1.43. The Kier molecular flexibility index (Phi) is 4.95. The van der Waals surface area contributed by atoms with Gasteiger partial charge in [-0.1, -0.05) is 29.8 Å². The predicted octanol–water partition coefficient (Wildman–Crippen LogP) is 4.05. The van der Waals surface area contributed by atoms with E-state index in [9.17, 15) is 9.59 Å². The first-order valence-electron chi connectivity index (χ1n) is 8.00. The van der Waals surface area contributed by atoms with E-state index in [4.69, 9.17) is 16.3 Å². The molecule has 130 valence electrons. The van der Waals surface area contributed by atoms with Gasteiger partial charge in [-0.05, 0) is 36.1 Å². The molecule has 3 rings (SSSR count). The smallest absolute Gasteiger partial charge is 0.228 e. The third-order valence-corrected chi connectivity index (χ3v) is 4.56. The number of carbonyl (C=O) groups is 2. The predicted molar refractivity (Wildman–Crippen MR) is 98.2 cm³/mol. The SMILES string of the molecule is COc1cc(NC(=O)C2CC2c2ccccc2Cl)ccc1NC(C)=O. The van der Waals surface area contributed by atoms with Gasteiger partial charge in [0.25, 0.3) is 0 Å². The van der Waals surface area contributed by atoms with Crippen LogP contribution in [0.5, 0.6) is 5.75 Å². The molecular formula is C19H19ClN2O3. The van der Waals surface area contributed by atoms with Crippen molar-refractivity contribution in [3.8, 4) is 5.75 Å². The molecule has 2 N–H and O–H groups in total. The quantitative estimate of drug-likeness (QED) is 0.847. The first-order valence-corrected chi connectivity index (χ1v) is 8.38. The molecule has 2 unspecified atom stereocenters. The lowest BCUT2D eigenvalue weighted by molar-refractivity contribution is -0.117. The minimum absolute atomic E-state index is 0.0424.